The Kier molecular flexibility index (Phi) is 5.81. The van der Waals surface area contributed by atoms with Crippen LogP contribution in [0.4, 0.5) is 0 Å². The van der Waals surface area contributed by atoms with E-state index in [9.17, 15) is 4.79 Å². The molecule has 0 unspecified atom stereocenters. The van der Waals surface area contributed by atoms with Crippen molar-refractivity contribution in [1.82, 2.24) is 19.6 Å². The summed E-state index contributed by atoms with van der Waals surface area (Å²) >= 11 is 0. The molecule has 1 spiro atoms. The molecule has 4 rings (SSSR count). The smallest absolute Gasteiger partial charge is 0.222 e. The Bertz CT molecular complexity index is 787. The maximum Gasteiger partial charge on any atom is 0.222 e. The Morgan fingerprint density at radius 2 is 1.96 bits per heavy atom. The van der Waals surface area contributed by atoms with Crippen LogP contribution in [0.2, 0.25) is 0 Å². The predicted octanol–water partition coefficient (Wildman–Crippen LogP) is 3.35. The Labute approximate surface area is 168 Å². The molecule has 1 aromatic carbocycles. The maximum atomic E-state index is 12.8. The van der Waals surface area contributed by atoms with Gasteiger partial charge in [0, 0.05) is 56.3 Å². The minimum absolute atomic E-state index is 0.293. The number of piperidine rings is 1. The van der Waals surface area contributed by atoms with Gasteiger partial charge in [-0.2, -0.15) is 5.10 Å². The van der Waals surface area contributed by atoms with Gasteiger partial charge >= 0.3 is 0 Å². The highest BCUT2D eigenvalue weighted by atomic mass is 16.2. The van der Waals surface area contributed by atoms with E-state index in [1.54, 1.807) is 0 Å². The number of carbonyl (C=O) groups is 1. The largest absolute Gasteiger partial charge is 0.342 e. The van der Waals surface area contributed by atoms with Crippen LogP contribution >= 0.6 is 0 Å². The van der Waals surface area contributed by atoms with Gasteiger partial charge in [0.2, 0.25) is 5.91 Å². The van der Waals surface area contributed by atoms with Gasteiger partial charge in [-0.15, -0.1) is 0 Å². The lowest BCUT2D eigenvalue weighted by molar-refractivity contribution is -0.134. The Morgan fingerprint density at radius 3 is 2.75 bits per heavy atom. The van der Waals surface area contributed by atoms with Gasteiger partial charge in [-0.25, -0.2) is 0 Å². The van der Waals surface area contributed by atoms with Crippen LogP contribution in [0.25, 0.3) is 0 Å². The van der Waals surface area contributed by atoms with Crippen LogP contribution in [0.1, 0.15) is 43.7 Å². The molecule has 2 aliphatic heterocycles. The first-order valence-corrected chi connectivity index (χ1v) is 10.7. The Hall–Kier alpha value is -2.14. The van der Waals surface area contributed by atoms with Crippen molar-refractivity contribution in [3.05, 3.63) is 53.9 Å². The third-order valence-corrected chi connectivity index (χ3v) is 6.42. The second-order valence-corrected chi connectivity index (χ2v) is 8.57. The van der Waals surface area contributed by atoms with Crippen molar-refractivity contribution in [2.24, 2.45) is 5.41 Å². The van der Waals surface area contributed by atoms with Gasteiger partial charge in [0.25, 0.3) is 0 Å². The van der Waals surface area contributed by atoms with Crippen LogP contribution in [0.15, 0.2) is 42.7 Å². The summed E-state index contributed by atoms with van der Waals surface area (Å²) in [6.07, 6.45) is 9.22. The molecule has 28 heavy (non-hydrogen) atoms. The Balaban J connectivity index is 1.31. The van der Waals surface area contributed by atoms with Crippen LogP contribution in [-0.2, 0) is 24.3 Å². The van der Waals surface area contributed by atoms with E-state index in [0.29, 0.717) is 17.7 Å². The lowest BCUT2D eigenvalue weighted by Crippen LogP contribution is -2.47. The highest BCUT2D eigenvalue weighted by Crippen LogP contribution is 2.39. The standard InChI is InChI=1S/C23H32N4O/c1-2-27-17-21(15-24-27)16-25-14-12-23(18-25)11-6-13-26(19-23)22(28)10-9-20-7-4-3-5-8-20/h3-5,7-8,15,17H,2,6,9-14,16,18-19H2,1H3/t23-/m1/s1. The van der Waals surface area contributed by atoms with E-state index in [1.807, 2.05) is 29.1 Å². The molecule has 1 atom stereocenters. The number of hydrogen-bond acceptors (Lipinski definition) is 3. The van der Waals surface area contributed by atoms with Gasteiger partial charge in [0.05, 0.1) is 6.20 Å². The summed E-state index contributed by atoms with van der Waals surface area (Å²) in [5.74, 6) is 0.325. The molecule has 150 valence electrons. The van der Waals surface area contributed by atoms with Crippen molar-refractivity contribution in [3.8, 4) is 0 Å². The number of aryl methyl sites for hydroxylation is 2. The molecule has 2 saturated heterocycles. The van der Waals surface area contributed by atoms with Gasteiger partial charge in [-0.1, -0.05) is 30.3 Å². The fraction of sp³-hybridized carbons (Fsp3) is 0.565. The number of benzene rings is 1. The second kappa shape index (κ2) is 8.48. The fourth-order valence-electron chi connectivity index (χ4n) is 4.89. The predicted molar refractivity (Wildman–Crippen MR) is 111 cm³/mol. The van der Waals surface area contributed by atoms with Gasteiger partial charge in [-0.05, 0) is 44.7 Å². The molecule has 0 N–H and O–H groups in total. The third-order valence-electron chi connectivity index (χ3n) is 6.42. The zero-order chi connectivity index (χ0) is 19.4. The summed E-state index contributed by atoms with van der Waals surface area (Å²) in [5, 5.41) is 4.40. The molecule has 1 amide bonds. The number of likely N-dealkylation sites (tertiary alicyclic amines) is 2. The number of nitrogens with zero attached hydrogens (tertiary/aromatic N) is 4. The fourth-order valence-corrected chi connectivity index (χ4v) is 4.89. The van der Waals surface area contributed by atoms with E-state index >= 15 is 0 Å². The number of rotatable bonds is 6. The van der Waals surface area contributed by atoms with E-state index in [1.165, 1.54) is 24.0 Å². The number of carbonyl (C=O) groups excluding carboxylic acids is 1. The van der Waals surface area contributed by atoms with E-state index in [2.05, 4.69) is 40.2 Å². The lowest BCUT2D eigenvalue weighted by Gasteiger charge is -2.40. The summed E-state index contributed by atoms with van der Waals surface area (Å²) < 4.78 is 1.99. The molecular weight excluding hydrogens is 348 g/mol. The average molecular weight is 381 g/mol. The van der Waals surface area contributed by atoms with Crippen LogP contribution in [0, 0.1) is 5.41 Å². The molecule has 5 heteroatoms. The quantitative estimate of drug-likeness (QED) is 0.772. The van der Waals surface area contributed by atoms with Crippen LogP contribution in [-0.4, -0.2) is 51.7 Å². The monoisotopic (exact) mass is 380 g/mol. The molecule has 0 saturated carbocycles. The average Bonchev–Trinajstić information content (AvgIpc) is 3.34. The third kappa shape index (κ3) is 4.46. The molecule has 3 heterocycles. The summed E-state index contributed by atoms with van der Waals surface area (Å²) in [6, 6.07) is 10.3. The van der Waals surface area contributed by atoms with E-state index in [4.69, 9.17) is 0 Å². The summed E-state index contributed by atoms with van der Waals surface area (Å²) in [4.78, 5) is 17.5. The van der Waals surface area contributed by atoms with Gasteiger partial charge in [-0.3, -0.25) is 14.4 Å². The maximum absolute atomic E-state index is 12.8. The van der Waals surface area contributed by atoms with Crippen LogP contribution in [0.3, 0.4) is 0 Å². The second-order valence-electron chi connectivity index (χ2n) is 8.57. The topological polar surface area (TPSA) is 41.4 Å². The molecule has 0 bridgehead atoms. The van der Waals surface area contributed by atoms with Crippen molar-refractivity contribution < 1.29 is 4.79 Å². The van der Waals surface area contributed by atoms with E-state index in [0.717, 1.165) is 52.1 Å². The molecule has 0 aliphatic carbocycles. The van der Waals surface area contributed by atoms with Crippen molar-refractivity contribution in [2.75, 3.05) is 26.2 Å². The van der Waals surface area contributed by atoms with Gasteiger partial charge in [0.1, 0.15) is 0 Å². The van der Waals surface area contributed by atoms with Crippen LogP contribution in [0.5, 0.6) is 0 Å². The normalized spacial score (nSPS) is 22.8. The minimum atomic E-state index is 0.293. The van der Waals surface area contributed by atoms with E-state index in [-0.39, 0.29) is 0 Å². The lowest BCUT2D eigenvalue weighted by atomic mass is 9.79. The molecule has 1 aromatic heterocycles. The van der Waals surface area contributed by atoms with Crippen molar-refractivity contribution in [3.63, 3.8) is 0 Å². The number of amides is 1. The van der Waals surface area contributed by atoms with Gasteiger partial charge in [0.15, 0.2) is 0 Å². The zero-order valence-electron chi connectivity index (χ0n) is 17.0. The summed E-state index contributed by atoms with van der Waals surface area (Å²) in [7, 11) is 0. The summed E-state index contributed by atoms with van der Waals surface area (Å²) in [5.41, 5.74) is 2.84. The van der Waals surface area contributed by atoms with Crippen molar-refractivity contribution in [2.45, 2.75) is 52.1 Å². The molecule has 2 fully saturated rings. The zero-order valence-corrected chi connectivity index (χ0v) is 17.0. The van der Waals surface area contributed by atoms with Crippen molar-refractivity contribution in [1.29, 1.82) is 0 Å². The summed E-state index contributed by atoms with van der Waals surface area (Å²) in [6.45, 7) is 8.11. The van der Waals surface area contributed by atoms with Gasteiger partial charge < -0.3 is 4.90 Å². The SMILES string of the molecule is CCn1cc(CN2CC[C@]3(CCCN(C(=O)CCc4ccccc4)C3)C2)cn1. The first kappa shape index (κ1) is 19.2. The first-order valence-electron chi connectivity index (χ1n) is 10.7. The highest BCUT2D eigenvalue weighted by Gasteiger charge is 2.42. The number of hydrogen-bond donors (Lipinski definition) is 0. The molecule has 0 radical (unpaired) electrons. The van der Waals surface area contributed by atoms with Crippen LogP contribution < -0.4 is 0 Å². The molecule has 2 aliphatic rings. The van der Waals surface area contributed by atoms with E-state index < -0.39 is 0 Å². The highest BCUT2D eigenvalue weighted by molar-refractivity contribution is 5.76. The van der Waals surface area contributed by atoms with Crippen molar-refractivity contribution >= 4 is 5.91 Å². The molecule has 2 aromatic rings. The Morgan fingerprint density at radius 1 is 1.11 bits per heavy atom. The molecular formula is C23H32N4O. The first-order chi connectivity index (χ1) is 13.7. The molecule has 5 nitrogen and oxygen atoms in total. The number of aromatic nitrogens is 2. The minimum Gasteiger partial charge on any atom is -0.342 e.